The Hall–Kier alpha value is -8.54. The fourth-order valence-corrected chi connectivity index (χ4v) is 14.0. The van der Waals surface area contributed by atoms with Crippen molar-refractivity contribution in [2.75, 3.05) is 14.7 Å². The summed E-state index contributed by atoms with van der Waals surface area (Å²) in [6, 6.07) is 81.7. The molecule has 0 N–H and O–H groups in total. The minimum Gasteiger partial charge on any atom is -0.311 e. The van der Waals surface area contributed by atoms with E-state index in [1.807, 2.05) is 0 Å². The van der Waals surface area contributed by atoms with Gasteiger partial charge in [-0.1, -0.05) is 212 Å². The highest BCUT2D eigenvalue weighted by Gasteiger charge is 2.46. The number of para-hydroxylation sites is 2. The van der Waals surface area contributed by atoms with E-state index in [0.717, 1.165) is 28.4 Å². The summed E-state index contributed by atoms with van der Waals surface area (Å²) < 4.78 is 2.44. The Morgan fingerprint density at radius 2 is 0.881 bits per heavy atom. The van der Waals surface area contributed by atoms with Crippen LogP contribution in [-0.2, 0) is 27.1 Å². The Morgan fingerprint density at radius 1 is 0.345 bits per heavy atom. The molecule has 0 amide bonds. The number of anilines is 9. The number of hydrogen-bond acceptors (Lipinski definition) is 3. The second-order valence-corrected chi connectivity index (χ2v) is 28.8. The molecule has 4 nitrogen and oxygen atoms in total. The molecule has 1 aliphatic carbocycles. The first-order valence-electron chi connectivity index (χ1n) is 30.4. The van der Waals surface area contributed by atoms with E-state index in [4.69, 9.17) is 0 Å². The lowest BCUT2D eigenvalue weighted by atomic mass is 9.33. The maximum Gasteiger partial charge on any atom is 0.252 e. The molecule has 0 bridgehead atoms. The molecular weight excluding hydrogens is 1020 g/mol. The Kier molecular flexibility index (Phi) is 11.9. The number of fused-ring (bicyclic) bond motifs is 10. The maximum absolute atomic E-state index is 2.65. The number of rotatable bonds is 6. The van der Waals surface area contributed by atoms with Crippen molar-refractivity contribution < 1.29 is 0 Å². The molecule has 3 aliphatic rings. The smallest absolute Gasteiger partial charge is 0.252 e. The van der Waals surface area contributed by atoms with Crippen LogP contribution < -0.4 is 31.1 Å². The van der Waals surface area contributed by atoms with Crippen LogP contribution in [0.1, 0.15) is 130 Å². The SMILES string of the molecule is CC(C)(C)c1ccc(N(c2ccc3c(c2)N(c2ccc4c(c2)C(C)(C)c2ccccc2-4)c2cc(C(C)(C)C)cc4c2B3c2cc(C(C)(C)C)ccc2N4c2ccc(C(C)(C)C)cc2)c2ccc3c4ccccc4n(-c4ccccc4)c3c2)cc1. The summed E-state index contributed by atoms with van der Waals surface area (Å²) in [5, 5.41) is 2.47. The van der Waals surface area contributed by atoms with Gasteiger partial charge in [0, 0.05) is 73.1 Å². The van der Waals surface area contributed by atoms with Crippen molar-refractivity contribution in [2.24, 2.45) is 0 Å². The van der Waals surface area contributed by atoms with Gasteiger partial charge < -0.3 is 19.3 Å². The summed E-state index contributed by atoms with van der Waals surface area (Å²) in [6.45, 7) is 32.8. The van der Waals surface area contributed by atoms with Crippen LogP contribution in [0.2, 0.25) is 0 Å². The second-order valence-electron chi connectivity index (χ2n) is 28.8. The highest BCUT2D eigenvalue weighted by molar-refractivity contribution is 7.00. The summed E-state index contributed by atoms with van der Waals surface area (Å²) >= 11 is 0. The quantitative estimate of drug-likeness (QED) is 0.154. The third-order valence-corrected chi connectivity index (χ3v) is 18.8. The minimum absolute atomic E-state index is 0.0102. The fraction of sp³-hybridized carbons (Fsp3) is 0.241. The topological polar surface area (TPSA) is 14.7 Å². The molecule has 2 aliphatic heterocycles. The van der Waals surface area contributed by atoms with Gasteiger partial charge in [0.15, 0.2) is 0 Å². The largest absolute Gasteiger partial charge is 0.311 e. The zero-order valence-corrected chi connectivity index (χ0v) is 51.6. The fourth-order valence-electron chi connectivity index (χ4n) is 14.0. The van der Waals surface area contributed by atoms with Gasteiger partial charge in [0.05, 0.1) is 11.0 Å². The van der Waals surface area contributed by atoms with E-state index in [-0.39, 0.29) is 33.8 Å². The lowest BCUT2D eigenvalue weighted by Crippen LogP contribution is -2.61. The summed E-state index contributed by atoms with van der Waals surface area (Å²) in [5.74, 6) is 0. The van der Waals surface area contributed by atoms with Crippen LogP contribution in [0.15, 0.2) is 212 Å². The van der Waals surface area contributed by atoms with Crippen molar-refractivity contribution in [2.45, 2.75) is 124 Å². The molecule has 10 aromatic carbocycles. The van der Waals surface area contributed by atoms with Crippen LogP contribution in [0.25, 0.3) is 38.6 Å². The molecule has 416 valence electrons. The van der Waals surface area contributed by atoms with Crippen LogP contribution in [0, 0.1) is 0 Å². The summed E-state index contributed by atoms with van der Waals surface area (Å²) in [5.41, 5.74) is 28.1. The van der Waals surface area contributed by atoms with Gasteiger partial charge in [0.25, 0.3) is 6.71 Å². The first kappa shape index (κ1) is 53.5. The standard InChI is InChI=1S/C79H77BN4/c1-75(2,3)50-28-33-55(34-29-50)81(58-38-41-63-62-25-19-21-27-68(62)82(70(63)48-58)54-22-16-15-17-23-54)59-39-42-66-71(49-59)84(57-37-40-61-60-24-18-20-26-64(60)79(13,14)65(61)47-57)73-46-53(78(10,11)12)45-72-74(73)80(66)67-44-52(77(7,8)9)32-43-69(67)83(72)56-35-30-51(31-36-56)76(4,5)6/h15-49H,1-14H3. The van der Waals surface area contributed by atoms with Crippen molar-refractivity contribution in [3.8, 4) is 16.8 Å². The molecule has 0 saturated carbocycles. The normalized spacial score (nSPS) is 14.3. The van der Waals surface area contributed by atoms with Crippen molar-refractivity contribution in [3.63, 3.8) is 0 Å². The molecule has 0 saturated heterocycles. The van der Waals surface area contributed by atoms with Crippen LogP contribution in [0.3, 0.4) is 0 Å². The number of benzene rings is 10. The molecule has 84 heavy (non-hydrogen) atoms. The average Bonchev–Trinajstić information content (AvgIpc) is 0.881. The molecule has 0 fully saturated rings. The number of nitrogens with zero attached hydrogens (tertiary/aromatic N) is 4. The van der Waals surface area contributed by atoms with Gasteiger partial charge in [-0.3, -0.25) is 0 Å². The Morgan fingerprint density at radius 3 is 1.56 bits per heavy atom. The van der Waals surface area contributed by atoms with Gasteiger partial charge in [0.2, 0.25) is 0 Å². The minimum atomic E-state index is -0.202. The van der Waals surface area contributed by atoms with Crippen LogP contribution >= 0.6 is 0 Å². The Labute approximate surface area is 499 Å². The monoisotopic (exact) mass is 1090 g/mol. The summed E-state index contributed by atoms with van der Waals surface area (Å²) in [7, 11) is 0. The lowest BCUT2D eigenvalue weighted by Gasteiger charge is -2.46. The first-order valence-corrected chi connectivity index (χ1v) is 30.4. The van der Waals surface area contributed by atoms with Gasteiger partial charge in [-0.2, -0.15) is 0 Å². The van der Waals surface area contributed by atoms with Crippen LogP contribution in [0.5, 0.6) is 0 Å². The van der Waals surface area contributed by atoms with Gasteiger partial charge in [-0.15, -0.1) is 0 Å². The molecule has 0 radical (unpaired) electrons. The van der Waals surface area contributed by atoms with Crippen molar-refractivity contribution in [1.82, 2.24) is 4.57 Å². The highest BCUT2D eigenvalue weighted by Crippen LogP contribution is 2.53. The van der Waals surface area contributed by atoms with E-state index in [2.05, 4.69) is 329 Å². The molecule has 0 unspecified atom stereocenters. The number of hydrogen-bond donors (Lipinski definition) is 0. The zero-order valence-electron chi connectivity index (χ0n) is 51.6. The molecule has 14 rings (SSSR count). The van der Waals surface area contributed by atoms with E-state index < -0.39 is 0 Å². The van der Waals surface area contributed by atoms with Gasteiger partial charge in [-0.25, -0.2) is 0 Å². The van der Waals surface area contributed by atoms with E-state index in [1.54, 1.807) is 0 Å². The third-order valence-electron chi connectivity index (χ3n) is 18.8. The van der Waals surface area contributed by atoms with Gasteiger partial charge in [0.1, 0.15) is 0 Å². The molecule has 1 aromatic heterocycles. The van der Waals surface area contributed by atoms with Gasteiger partial charge in [-0.05, 0) is 180 Å². The highest BCUT2D eigenvalue weighted by atomic mass is 15.2. The van der Waals surface area contributed by atoms with E-state index in [9.17, 15) is 0 Å². The Bertz CT molecular complexity index is 4440. The first-order chi connectivity index (χ1) is 39.9. The van der Waals surface area contributed by atoms with Crippen LogP contribution in [-0.4, -0.2) is 11.3 Å². The molecular formula is C79H77BN4. The molecule has 0 atom stereocenters. The summed E-state index contributed by atoms with van der Waals surface area (Å²) in [4.78, 5) is 7.74. The van der Waals surface area contributed by atoms with E-state index in [1.165, 1.54) is 111 Å². The van der Waals surface area contributed by atoms with E-state index in [0.29, 0.717) is 0 Å². The maximum atomic E-state index is 2.65. The third kappa shape index (κ3) is 8.47. The number of aromatic nitrogens is 1. The molecule has 0 spiro atoms. The predicted molar refractivity (Wildman–Crippen MR) is 362 cm³/mol. The molecule has 3 heterocycles. The zero-order chi connectivity index (χ0) is 58.6. The lowest BCUT2D eigenvalue weighted by molar-refractivity contribution is 0.589. The Balaban J connectivity index is 1.07. The molecule has 5 heteroatoms. The van der Waals surface area contributed by atoms with E-state index >= 15 is 0 Å². The van der Waals surface area contributed by atoms with Crippen LogP contribution in [0.4, 0.5) is 51.2 Å². The predicted octanol–water partition coefficient (Wildman–Crippen LogP) is 19.8. The molecule has 11 aromatic rings. The second kappa shape index (κ2) is 18.7. The van der Waals surface area contributed by atoms with Crippen molar-refractivity contribution in [3.05, 3.63) is 246 Å². The van der Waals surface area contributed by atoms with Crippen molar-refractivity contribution in [1.29, 1.82) is 0 Å². The summed E-state index contributed by atoms with van der Waals surface area (Å²) in [6.07, 6.45) is 0. The van der Waals surface area contributed by atoms with Gasteiger partial charge >= 0.3 is 0 Å². The van der Waals surface area contributed by atoms with Crippen molar-refractivity contribution >= 4 is 96.1 Å². The average molecular weight is 1090 g/mol.